The Hall–Kier alpha value is -0.0400. The number of rotatable bonds is 3. The summed E-state index contributed by atoms with van der Waals surface area (Å²) in [6, 6.07) is 0. The average molecular weight is 198 g/mol. The second-order valence-corrected chi connectivity index (χ2v) is 6.52. The summed E-state index contributed by atoms with van der Waals surface area (Å²) in [4.78, 5) is 0. The second-order valence-electron chi connectivity index (χ2n) is 6.52. The Labute approximate surface area is 89.2 Å². The van der Waals surface area contributed by atoms with Crippen molar-refractivity contribution in [1.29, 1.82) is 0 Å². The summed E-state index contributed by atoms with van der Waals surface area (Å²) in [5, 5.41) is 0. The molecule has 1 saturated carbocycles. The van der Waals surface area contributed by atoms with Gasteiger partial charge in [0, 0.05) is 0 Å². The molecule has 0 spiro atoms. The van der Waals surface area contributed by atoms with Gasteiger partial charge >= 0.3 is 0 Å². The zero-order chi connectivity index (χ0) is 10.8. The predicted molar refractivity (Wildman–Crippen MR) is 61.5 cm³/mol. The molecule has 1 nitrogen and oxygen atoms in total. The fourth-order valence-corrected chi connectivity index (χ4v) is 2.78. The molecule has 1 fully saturated rings. The molecule has 0 atom stereocenters. The monoisotopic (exact) mass is 198 g/mol. The first kappa shape index (κ1) is 12.0. The molecule has 0 aromatic rings. The lowest BCUT2D eigenvalue weighted by Gasteiger charge is -2.34. The van der Waals surface area contributed by atoms with Crippen LogP contribution in [-0.2, 0) is 4.74 Å². The summed E-state index contributed by atoms with van der Waals surface area (Å²) in [5.41, 5.74) is 0.412. The van der Waals surface area contributed by atoms with Crippen molar-refractivity contribution in [2.24, 2.45) is 5.41 Å². The van der Waals surface area contributed by atoms with Crippen LogP contribution in [0.3, 0.4) is 0 Å². The molecule has 14 heavy (non-hydrogen) atoms. The van der Waals surface area contributed by atoms with Gasteiger partial charge in [0.25, 0.3) is 0 Å². The number of hydrogen-bond donors (Lipinski definition) is 0. The minimum absolute atomic E-state index is 0.0489. The lowest BCUT2D eigenvalue weighted by Crippen LogP contribution is -2.33. The molecule has 0 saturated heterocycles. The third-order valence-corrected chi connectivity index (χ3v) is 2.74. The Balaban J connectivity index is 2.40. The Morgan fingerprint density at radius 1 is 1.00 bits per heavy atom. The molecule has 0 aliphatic heterocycles. The number of ether oxygens (including phenoxy) is 1. The molecule has 1 aliphatic rings. The van der Waals surface area contributed by atoms with E-state index >= 15 is 0 Å². The van der Waals surface area contributed by atoms with Crippen molar-refractivity contribution in [3.8, 4) is 0 Å². The number of hydrogen-bond acceptors (Lipinski definition) is 1. The first-order valence-corrected chi connectivity index (χ1v) is 5.96. The van der Waals surface area contributed by atoms with Crippen LogP contribution in [0.15, 0.2) is 0 Å². The predicted octanol–water partition coefficient (Wildman–Crippen LogP) is 4.16. The standard InChI is InChI=1S/C13H26O/c1-12(2,3)10-13(4,5)14-11-8-6-7-9-11/h11H,6-10H2,1-5H3. The molecule has 1 aliphatic carbocycles. The van der Waals surface area contributed by atoms with Crippen molar-refractivity contribution >= 4 is 0 Å². The summed E-state index contributed by atoms with van der Waals surface area (Å²) in [5.74, 6) is 0. The first-order chi connectivity index (χ1) is 6.29. The smallest absolute Gasteiger partial charge is 0.0635 e. The van der Waals surface area contributed by atoms with E-state index < -0.39 is 0 Å². The van der Waals surface area contributed by atoms with E-state index in [0.29, 0.717) is 11.5 Å². The van der Waals surface area contributed by atoms with Crippen molar-refractivity contribution in [3.05, 3.63) is 0 Å². The molecule has 0 N–H and O–H groups in total. The van der Waals surface area contributed by atoms with Crippen LogP contribution in [0.1, 0.15) is 66.7 Å². The Bertz CT molecular complexity index is 170. The van der Waals surface area contributed by atoms with Gasteiger partial charge in [-0.3, -0.25) is 0 Å². The highest BCUT2D eigenvalue weighted by Gasteiger charge is 2.30. The van der Waals surface area contributed by atoms with Crippen LogP contribution in [-0.4, -0.2) is 11.7 Å². The summed E-state index contributed by atoms with van der Waals surface area (Å²) < 4.78 is 6.17. The second kappa shape index (κ2) is 4.22. The molecular formula is C13H26O. The van der Waals surface area contributed by atoms with Gasteiger partial charge in [0.05, 0.1) is 11.7 Å². The van der Waals surface area contributed by atoms with Gasteiger partial charge in [0.1, 0.15) is 0 Å². The normalized spacial score (nSPS) is 20.4. The van der Waals surface area contributed by atoms with Gasteiger partial charge in [-0.1, -0.05) is 33.6 Å². The van der Waals surface area contributed by atoms with Gasteiger partial charge in [-0.15, -0.1) is 0 Å². The zero-order valence-corrected chi connectivity index (χ0v) is 10.5. The van der Waals surface area contributed by atoms with Crippen molar-refractivity contribution in [3.63, 3.8) is 0 Å². The zero-order valence-electron chi connectivity index (χ0n) is 10.5. The fourth-order valence-electron chi connectivity index (χ4n) is 2.78. The summed E-state index contributed by atoms with van der Waals surface area (Å²) >= 11 is 0. The summed E-state index contributed by atoms with van der Waals surface area (Å²) in [6.07, 6.45) is 6.93. The largest absolute Gasteiger partial charge is 0.372 e. The minimum atomic E-state index is 0.0489. The maximum absolute atomic E-state index is 6.17. The molecule has 0 bridgehead atoms. The van der Waals surface area contributed by atoms with Crippen LogP contribution in [0.25, 0.3) is 0 Å². The van der Waals surface area contributed by atoms with Crippen molar-refractivity contribution < 1.29 is 4.74 Å². The highest BCUT2D eigenvalue weighted by molar-refractivity contribution is 4.80. The molecule has 1 heteroatoms. The molecular weight excluding hydrogens is 172 g/mol. The summed E-state index contributed by atoms with van der Waals surface area (Å²) in [6.45, 7) is 11.3. The van der Waals surface area contributed by atoms with Gasteiger partial charge < -0.3 is 4.74 Å². The molecule has 1 rings (SSSR count). The minimum Gasteiger partial charge on any atom is -0.372 e. The van der Waals surface area contributed by atoms with Crippen LogP contribution in [0, 0.1) is 5.41 Å². The average Bonchev–Trinajstić information content (AvgIpc) is 2.31. The van der Waals surface area contributed by atoms with E-state index in [1.165, 1.54) is 25.7 Å². The molecule has 0 aromatic carbocycles. The molecule has 0 amide bonds. The van der Waals surface area contributed by atoms with Gasteiger partial charge in [0.15, 0.2) is 0 Å². The third kappa shape index (κ3) is 4.45. The Morgan fingerprint density at radius 2 is 1.50 bits per heavy atom. The van der Waals surface area contributed by atoms with E-state index in [0.717, 1.165) is 6.42 Å². The maximum atomic E-state index is 6.17. The molecule has 0 radical (unpaired) electrons. The Kier molecular flexibility index (Phi) is 3.63. The SMILES string of the molecule is CC(C)(C)CC(C)(C)OC1CCCC1. The van der Waals surface area contributed by atoms with E-state index in [1.807, 2.05) is 0 Å². The van der Waals surface area contributed by atoms with E-state index in [2.05, 4.69) is 34.6 Å². The van der Waals surface area contributed by atoms with Crippen LogP contribution in [0.4, 0.5) is 0 Å². The lowest BCUT2D eigenvalue weighted by molar-refractivity contribution is -0.0872. The van der Waals surface area contributed by atoms with E-state index in [9.17, 15) is 0 Å². The quantitative estimate of drug-likeness (QED) is 0.661. The van der Waals surface area contributed by atoms with Crippen molar-refractivity contribution in [2.45, 2.75) is 78.4 Å². The van der Waals surface area contributed by atoms with Gasteiger partial charge in [-0.05, 0) is 38.5 Å². The molecule has 0 unspecified atom stereocenters. The van der Waals surface area contributed by atoms with Crippen LogP contribution >= 0.6 is 0 Å². The van der Waals surface area contributed by atoms with E-state index in [4.69, 9.17) is 4.74 Å². The molecule has 0 heterocycles. The first-order valence-electron chi connectivity index (χ1n) is 5.96. The third-order valence-electron chi connectivity index (χ3n) is 2.74. The lowest BCUT2D eigenvalue weighted by atomic mass is 9.83. The Morgan fingerprint density at radius 3 is 1.93 bits per heavy atom. The summed E-state index contributed by atoms with van der Waals surface area (Å²) in [7, 11) is 0. The van der Waals surface area contributed by atoms with Crippen LogP contribution in [0.5, 0.6) is 0 Å². The van der Waals surface area contributed by atoms with Gasteiger partial charge in [0.2, 0.25) is 0 Å². The van der Waals surface area contributed by atoms with Crippen LogP contribution < -0.4 is 0 Å². The van der Waals surface area contributed by atoms with Gasteiger partial charge in [-0.25, -0.2) is 0 Å². The van der Waals surface area contributed by atoms with Crippen molar-refractivity contribution in [2.75, 3.05) is 0 Å². The fraction of sp³-hybridized carbons (Fsp3) is 1.00. The topological polar surface area (TPSA) is 9.23 Å². The molecule has 84 valence electrons. The highest BCUT2D eigenvalue weighted by atomic mass is 16.5. The molecule has 0 aromatic heterocycles. The van der Waals surface area contributed by atoms with Gasteiger partial charge in [-0.2, -0.15) is 0 Å². The van der Waals surface area contributed by atoms with Crippen LogP contribution in [0.2, 0.25) is 0 Å². The highest BCUT2D eigenvalue weighted by Crippen LogP contribution is 2.33. The maximum Gasteiger partial charge on any atom is 0.0635 e. The van der Waals surface area contributed by atoms with Crippen molar-refractivity contribution in [1.82, 2.24) is 0 Å². The van der Waals surface area contributed by atoms with E-state index in [-0.39, 0.29) is 5.60 Å². The van der Waals surface area contributed by atoms with E-state index in [1.54, 1.807) is 0 Å².